The molecule has 1 aliphatic carbocycles. The molecule has 2 aromatic rings. The predicted molar refractivity (Wildman–Crippen MR) is 97.5 cm³/mol. The first-order valence-corrected chi connectivity index (χ1v) is 10.2. The van der Waals surface area contributed by atoms with E-state index in [1.807, 2.05) is 0 Å². The Morgan fingerprint density at radius 3 is 2.38 bits per heavy atom. The minimum Gasteiger partial charge on any atom is -0.345 e. The summed E-state index contributed by atoms with van der Waals surface area (Å²) < 4.78 is 81.2. The van der Waals surface area contributed by atoms with Gasteiger partial charge in [0.25, 0.3) is 5.91 Å². The smallest absolute Gasteiger partial charge is 0.345 e. The third-order valence-electron chi connectivity index (χ3n) is 5.02. The Bertz CT molecular complexity index is 1060. The van der Waals surface area contributed by atoms with E-state index in [0.717, 1.165) is 12.3 Å². The van der Waals surface area contributed by atoms with Crippen LogP contribution in [0.15, 0.2) is 35.4 Å². The van der Waals surface area contributed by atoms with Crippen LogP contribution in [0.25, 0.3) is 0 Å². The highest BCUT2D eigenvalue weighted by Gasteiger charge is 2.60. The second-order valence-electron chi connectivity index (χ2n) is 7.13. The van der Waals surface area contributed by atoms with Crippen molar-refractivity contribution < 1.29 is 30.8 Å². The van der Waals surface area contributed by atoms with Gasteiger partial charge in [-0.1, -0.05) is 0 Å². The number of halogens is 4. The highest BCUT2D eigenvalue weighted by atomic mass is 32.2. The number of carbonyl (C=O) groups excluding carboxylic acids is 1. The van der Waals surface area contributed by atoms with Crippen LogP contribution >= 0.6 is 0 Å². The maximum absolute atomic E-state index is 13.3. The number of alkyl halides is 3. The van der Waals surface area contributed by atoms with Crippen LogP contribution in [0.5, 0.6) is 0 Å². The molecular formula is C18H19F4N3O3S. The van der Waals surface area contributed by atoms with E-state index in [9.17, 15) is 30.8 Å². The van der Waals surface area contributed by atoms with Crippen LogP contribution < -0.4 is 10.0 Å². The Morgan fingerprint density at radius 2 is 1.86 bits per heavy atom. The molecule has 158 valence electrons. The standard InChI is InChI=1S/C18H19F4N3O3S/c1-11-8-12(4-5-14(11)19)23-16(26)15-9-13(10-25(15)2)29(27,28)24-17(6-3-7-17)18(20,21)22/h4-5,8-10,24H,3,6-7H2,1-2H3,(H,23,26). The van der Waals surface area contributed by atoms with Crippen LogP contribution in [-0.2, 0) is 17.1 Å². The third kappa shape index (κ3) is 4.01. The van der Waals surface area contributed by atoms with Crippen LogP contribution in [0.4, 0.5) is 23.2 Å². The number of benzene rings is 1. The fourth-order valence-corrected chi connectivity index (χ4v) is 4.63. The number of nitrogens with one attached hydrogen (secondary N) is 2. The number of amides is 1. The van der Waals surface area contributed by atoms with Gasteiger partial charge in [0.05, 0.1) is 0 Å². The molecule has 0 aliphatic heterocycles. The van der Waals surface area contributed by atoms with Crippen molar-refractivity contribution in [3.05, 3.63) is 47.5 Å². The van der Waals surface area contributed by atoms with E-state index in [1.54, 1.807) is 4.72 Å². The minimum absolute atomic E-state index is 0.0815. The highest BCUT2D eigenvalue weighted by Crippen LogP contribution is 2.46. The summed E-state index contributed by atoms with van der Waals surface area (Å²) in [5.41, 5.74) is -1.96. The average Bonchev–Trinajstić information content (AvgIpc) is 2.96. The largest absolute Gasteiger partial charge is 0.407 e. The number of carbonyl (C=O) groups is 1. The third-order valence-corrected chi connectivity index (χ3v) is 6.52. The zero-order valence-electron chi connectivity index (χ0n) is 15.6. The lowest BCUT2D eigenvalue weighted by molar-refractivity contribution is -0.212. The van der Waals surface area contributed by atoms with Gasteiger partial charge in [-0.15, -0.1) is 0 Å². The quantitative estimate of drug-likeness (QED) is 0.709. The topological polar surface area (TPSA) is 80.2 Å². The van der Waals surface area contributed by atoms with E-state index >= 15 is 0 Å². The molecule has 29 heavy (non-hydrogen) atoms. The molecule has 1 saturated carbocycles. The molecule has 0 radical (unpaired) electrons. The van der Waals surface area contributed by atoms with Crippen molar-refractivity contribution >= 4 is 21.6 Å². The van der Waals surface area contributed by atoms with Crippen molar-refractivity contribution in [3.8, 4) is 0 Å². The number of nitrogens with zero attached hydrogens (tertiary/aromatic N) is 1. The normalized spacial score (nSPS) is 16.3. The van der Waals surface area contributed by atoms with E-state index in [4.69, 9.17) is 0 Å². The molecule has 0 bridgehead atoms. The fourth-order valence-electron chi connectivity index (χ4n) is 3.11. The lowest BCUT2D eigenvalue weighted by Crippen LogP contribution is -2.62. The molecular weight excluding hydrogens is 414 g/mol. The van der Waals surface area contributed by atoms with E-state index in [1.165, 1.54) is 36.7 Å². The number of rotatable bonds is 5. The van der Waals surface area contributed by atoms with Gasteiger partial charge in [-0.2, -0.15) is 17.9 Å². The van der Waals surface area contributed by atoms with E-state index in [-0.39, 0.29) is 25.0 Å². The van der Waals surface area contributed by atoms with Gasteiger partial charge in [0.2, 0.25) is 10.0 Å². The van der Waals surface area contributed by atoms with Gasteiger partial charge in [-0.25, -0.2) is 12.8 Å². The second kappa shape index (κ2) is 7.13. The summed E-state index contributed by atoms with van der Waals surface area (Å²) in [6.07, 6.45) is -4.05. The number of hydrogen-bond donors (Lipinski definition) is 2. The number of anilines is 1. The summed E-state index contributed by atoms with van der Waals surface area (Å²) in [5, 5.41) is 2.51. The fraction of sp³-hybridized carbons (Fsp3) is 0.389. The Kier molecular flexibility index (Phi) is 5.24. The van der Waals surface area contributed by atoms with Crippen molar-refractivity contribution in [2.75, 3.05) is 5.32 Å². The lowest BCUT2D eigenvalue weighted by atomic mass is 9.77. The average molecular weight is 433 g/mol. The summed E-state index contributed by atoms with van der Waals surface area (Å²) in [7, 11) is -3.11. The molecule has 0 saturated heterocycles. The molecule has 6 nitrogen and oxygen atoms in total. The van der Waals surface area contributed by atoms with Crippen molar-refractivity contribution in [3.63, 3.8) is 0 Å². The van der Waals surface area contributed by atoms with Gasteiger partial charge >= 0.3 is 6.18 Å². The van der Waals surface area contributed by atoms with Gasteiger partial charge in [-0.05, 0) is 56.0 Å². The maximum atomic E-state index is 13.3. The first-order valence-electron chi connectivity index (χ1n) is 8.69. The molecule has 11 heteroatoms. The van der Waals surface area contributed by atoms with Crippen LogP contribution in [0, 0.1) is 12.7 Å². The molecule has 0 unspecified atom stereocenters. The van der Waals surface area contributed by atoms with Gasteiger partial charge in [0.15, 0.2) is 0 Å². The van der Waals surface area contributed by atoms with Crippen molar-refractivity contribution in [1.82, 2.24) is 9.29 Å². The Hall–Kier alpha value is -2.40. The molecule has 1 aliphatic rings. The number of aromatic nitrogens is 1. The molecule has 1 aromatic carbocycles. The van der Waals surface area contributed by atoms with Crippen LogP contribution in [-0.4, -0.2) is 30.6 Å². The maximum Gasteiger partial charge on any atom is 0.407 e. The van der Waals surface area contributed by atoms with Gasteiger partial charge in [0.1, 0.15) is 21.9 Å². The second-order valence-corrected chi connectivity index (χ2v) is 8.81. The van der Waals surface area contributed by atoms with Gasteiger partial charge in [-0.3, -0.25) is 4.79 Å². The SMILES string of the molecule is Cc1cc(NC(=O)c2cc(S(=O)(=O)NC3(C(F)(F)F)CCC3)cn2C)ccc1F. The van der Waals surface area contributed by atoms with Crippen LogP contribution in [0.2, 0.25) is 0 Å². The van der Waals surface area contributed by atoms with Crippen molar-refractivity contribution in [2.45, 2.75) is 42.8 Å². The molecule has 0 atom stereocenters. The molecule has 1 aromatic heterocycles. The zero-order valence-corrected chi connectivity index (χ0v) is 16.4. The molecule has 1 amide bonds. The monoisotopic (exact) mass is 433 g/mol. The summed E-state index contributed by atoms with van der Waals surface area (Å²) >= 11 is 0. The summed E-state index contributed by atoms with van der Waals surface area (Å²) in [6, 6.07) is 4.91. The summed E-state index contributed by atoms with van der Waals surface area (Å²) in [4.78, 5) is 12.0. The minimum atomic E-state index is -4.71. The molecule has 1 fully saturated rings. The highest BCUT2D eigenvalue weighted by molar-refractivity contribution is 7.89. The summed E-state index contributed by atoms with van der Waals surface area (Å²) in [5.74, 6) is -1.13. The van der Waals surface area contributed by atoms with E-state index < -0.39 is 38.4 Å². The predicted octanol–water partition coefficient (Wildman–Crippen LogP) is 3.49. The number of aryl methyl sites for hydroxylation is 2. The van der Waals surface area contributed by atoms with Crippen LogP contribution in [0.3, 0.4) is 0 Å². The Labute approximate surface area is 165 Å². The molecule has 1 heterocycles. The van der Waals surface area contributed by atoms with Crippen LogP contribution in [0.1, 0.15) is 35.3 Å². The Balaban J connectivity index is 1.83. The van der Waals surface area contributed by atoms with Crippen molar-refractivity contribution in [1.29, 1.82) is 0 Å². The van der Waals surface area contributed by atoms with Gasteiger partial charge < -0.3 is 9.88 Å². The molecule has 3 rings (SSSR count). The molecule has 2 N–H and O–H groups in total. The summed E-state index contributed by atoms with van der Waals surface area (Å²) in [6.45, 7) is 1.51. The number of hydrogen-bond acceptors (Lipinski definition) is 3. The van der Waals surface area contributed by atoms with Gasteiger partial charge in [0, 0.05) is 18.9 Å². The van der Waals surface area contributed by atoms with E-state index in [2.05, 4.69) is 5.32 Å². The van der Waals surface area contributed by atoms with E-state index in [0.29, 0.717) is 11.3 Å². The molecule has 0 spiro atoms. The zero-order chi connectivity index (χ0) is 21.6. The first kappa shape index (κ1) is 21.3. The van der Waals surface area contributed by atoms with Crippen molar-refractivity contribution in [2.24, 2.45) is 7.05 Å². The first-order chi connectivity index (χ1) is 13.3. The number of sulfonamides is 1. The Morgan fingerprint density at radius 1 is 1.21 bits per heavy atom. The lowest BCUT2D eigenvalue weighted by Gasteiger charge is -2.43.